The van der Waals surface area contributed by atoms with Crippen LogP contribution in [0.3, 0.4) is 0 Å². The summed E-state index contributed by atoms with van der Waals surface area (Å²) in [5.41, 5.74) is 0. The third kappa shape index (κ3) is 38.0. The van der Waals surface area contributed by atoms with Crippen LogP contribution >= 0.6 is 7.82 Å². The number of allylic oxidation sites excluding steroid dienone is 12. The van der Waals surface area contributed by atoms with Gasteiger partial charge in [0.25, 0.3) is 0 Å². The van der Waals surface area contributed by atoms with Crippen molar-refractivity contribution in [1.29, 1.82) is 0 Å². The van der Waals surface area contributed by atoms with Gasteiger partial charge in [-0.2, -0.15) is 0 Å². The predicted molar refractivity (Wildman–Crippen MR) is 226 cm³/mol. The van der Waals surface area contributed by atoms with Crippen molar-refractivity contribution >= 4 is 13.7 Å². The molecule has 0 aliphatic rings. The zero-order valence-electron chi connectivity index (χ0n) is 34.5. The summed E-state index contributed by atoms with van der Waals surface area (Å²) in [6.45, 7) is 4.68. The Balaban J connectivity index is 4.35. The van der Waals surface area contributed by atoms with Gasteiger partial charge in [-0.3, -0.25) is 13.8 Å². The van der Waals surface area contributed by atoms with Crippen molar-refractivity contribution in [2.45, 2.75) is 161 Å². The molecule has 0 saturated carbocycles. The van der Waals surface area contributed by atoms with Crippen molar-refractivity contribution in [3.63, 3.8) is 0 Å². The number of nitrogens with one attached hydrogen (secondary N) is 1. The normalized spacial score (nSPS) is 15.2. The number of rotatable bonds is 36. The van der Waals surface area contributed by atoms with Crippen LogP contribution in [0.2, 0.25) is 0 Å². The molecule has 53 heavy (non-hydrogen) atoms. The van der Waals surface area contributed by atoms with Gasteiger partial charge in [0.05, 0.1) is 39.9 Å². The molecule has 0 aromatic rings. The zero-order chi connectivity index (χ0) is 39.3. The molecule has 0 radical (unpaired) electrons. The second kappa shape index (κ2) is 35.6. The molecular formula is C44H80N2O6P+. The second-order valence-corrected chi connectivity index (χ2v) is 16.4. The predicted octanol–water partition coefficient (Wildman–Crippen LogP) is 11.2. The quantitative estimate of drug-likeness (QED) is 0.0254. The van der Waals surface area contributed by atoms with Gasteiger partial charge in [0.1, 0.15) is 13.2 Å². The van der Waals surface area contributed by atoms with E-state index in [-0.39, 0.29) is 19.1 Å². The number of carbonyl (C=O) groups excluding carboxylic acids is 1. The summed E-state index contributed by atoms with van der Waals surface area (Å²) in [6.07, 6.45) is 46.5. The van der Waals surface area contributed by atoms with Gasteiger partial charge in [0.15, 0.2) is 0 Å². The van der Waals surface area contributed by atoms with E-state index in [0.29, 0.717) is 23.9 Å². The van der Waals surface area contributed by atoms with Crippen LogP contribution in [-0.2, 0) is 18.4 Å². The molecule has 0 saturated heterocycles. The number of phosphoric ester groups is 1. The molecule has 9 heteroatoms. The monoisotopic (exact) mass is 764 g/mol. The fraction of sp³-hybridized carbons (Fsp3) is 0.705. The Hall–Kier alpha value is -2.06. The number of unbranched alkanes of at least 4 members (excludes halogenated alkanes) is 11. The van der Waals surface area contributed by atoms with Gasteiger partial charge in [0, 0.05) is 6.42 Å². The number of hydrogen-bond acceptors (Lipinski definition) is 5. The average molecular weight is 764 g/mol. The Morgan fingerprint density at radius 2 is 1.13 bits per heavy atom. The average Bonchev–Trinajstić information content (AvgIpc) is 3.10. The van der Waals surface area contributed by atoms with Crippen molar-refractivity contribution in [2.75, 3.05) is 40.9 Å². The lowest BCUT2D eigenvalue weighted by molar-refractivity contribution is -0.870. The van der Waals surface area contributed by atoms with Crippen LogP contribution in [0, 0.1) is 0 Å². The molecular weight excluding hydrogens is 683 g/mol. The van der Waals surface area contributed by atoms with Crippen molar-refractivity contribution < 1.29 is 32.9 Å². The van der Waals surface area contributed by atoms with Gasteiger partial charge >= 0.3 is 7.82 Å². The molecule has 1 amide bonds. The smallest absolute Gasteiger partial charge is 0.391 e. The molecule has 3 N–H and O–H groups in total. The standard InChI is InChI=1S/C44H79N2O6P/c1-6-8-10-12-14-16-17-18-19-20-21-22-23-24-25-26-27-28-29-30-32-34-36-38-44(48)45-42(41-52-53(49,50)51-40-39-46(3,4)5)43(47)37-35-33-31-15-13-11-9-7-2/h8,10,14,16,18-19,21-22,24-25,27-28,42-43,47H,6-7,9,11-13,15,17,20,23,26,29-41H2,1-5H3,(H-,45,48,49,50)/p+1/b10-8-,16-14-,19-18-,22-21-,25-24-,28-27-. The maximum atomic E-state index is 12.8. The Labute approximate surface area is 325 Å². The molecule has 0 aliphatic heterocycles. The van der Waals surface area contributed by atoms with E-state index >= 15 is 0 Å². The van der Waals surface area contributed by atoms with E-state index in [1.807, 2.05) is 21.1 Å². The van der Waals surface area contributed by atoms with Gasteiger partial charge in [-0.05, 0) is 64.2 Å². The molecule has 0 bridgehead atoms. The second-order valence-electron chi connectivity index (χ2n) is 15.0. The van der Waals surface area contributed by atoms with Gasteiger partial charge in [-0.15, -0.1) is 0 Å². The van der Waals surface area contributed by atoms with Gasteiger partial charge < -0.3 is 19.8 Å². The topological polar surface area (TPSA) is 105 Å². The van der Waals surface area contributed by atoms with Crippen molar-refractivity contribution in [2.24, 2.45) is 0 Å². The molecule has 306 valence electrons. The van der Waals surface area contributed by atoms with Crippen LogP contribution < -0.4 is 5.32 Å². The number of aliphatic hydroxyl groups excluding tert-OH is 1. The van der Waals surface area contributed by atoms with Crippen LogP contribution in [0.25, 0.3) is 0 Å². The minimum absolute atomic E-state index is 0.0647. The van der Waals surface area contributed by atoms with Crippen LogP contribution in [0.1, 0.15) is 149 Å². The number of amides is 1. The number of likely N-dealkylation sites (N-methyl/N-ethyl adjacent to an activating group) is 1. The summed E-state index contributed by atoms with van der Waals surface area (Å²) in [4.78, 5) is 23.0. The van der Waals surface area contributed by atoms with Crippen LogP contribution in [0.4, 0.5) is 0 Å². The molecule has 0 rings (SSSR count). The first-order valence-electron chi connectivity index (χ1n) is 20.8. The van der Waals surface area contributed by atoms with Crippen molar-refractivity contribution in [3.8, 4) is 0 Å². The van der Waals surface area contributed by atoms with E-state index in [9.17, 15) is 19.4 Å². The zero-order valence-corrected chi connectivity index (χ0v) is 35.4. The summed E-state index contributed by atoms with van der Waals surface area (Å²) in [5, 5.41) is 13.8. The number of aliphatic hydroxyl groups is 1. The van der Waals surface area contributed by atoms with E-state index < -0.39 is 20.0 Å². The maximum Gasteiger partial charge on any atom is 0.472 e. The minimum Gasteiger partial charge on any atom is -0.391 e. The molecule has 0 fully saturated rings. The van der Waals surface area contributed by atoms with E-state index in [1.54, 1.807) is 0 Å². The number of phosphoric acid groups is 1. The highest BCUT2D eigenvalue weighted by molar-refractivity contribution is 7.47. The molecule has 0 aromatic carbocycles. The summed E-state index contributed by atoms with van der Waals surface area (Å²) < 4.78 is 23.5. The first-order chi connectivity index (χ1) is 25.5. The lowest BCUT2D eigenvalue weighted by atomic mass is 10.0. The Bertz CT molecular complexity index is 1090. The molecule has 3 unspecified atom stereocenters. The third-order valence-corrected chi connectivity index (χ3v) is 9.70. The van der Waals surface area contributed by atoms with E-state index in [0.717, 1.165) is 89.9 Å². The lowest BCUT2D eigenvalue weighted by Gasteiger charge is -2.26. The fourth-order valence-electron chi connectivity index (χ4n) is 5.40. The Kier molecular flexibility index (Phi) is 34.2. The summed E-state index contributed by atoms with van der Waals surface area (Å²) in [7, 11) is 1.58. The van der Waals surface area contributed by atoms with Crippen LogP contribution in [-0.4, -0.2) is 73.4 Å². The molecule has 8 nitrogen and oxygen atoms in total. The summed E-state index contributed by atoms with van der Waals surface area (Å²) in [6, 6.07) is -0.775. The van der Waals surface area contributed by atoms with E-state index in [1.165, 1.54) is 32.1 Å². The van der Waals surface area contributed by atoms with Gasteiger partial charge in [-0.25, -0.2) is 4.57 Å². The highest BCUT2D eigenvalue weighted by Gasteiger charge is 2.28. The number of hydrogen-bond donors (Lipinski definition) is 3. The minimum atomic E-state index is -4.32. The highest BCUT2D eigenvalue weighted by atomic mass is 31.2. The van der Waals surface area contributed by atoms with E-state index in [2.05, 4.69) is 92.1 Å². The first-order valence-corrected chi connectivity index (χ1v) is 22.3. The van der Waals surface area contributed by atoms with Crippen molar-refractivity contribution in [3.05, 3.63) is 72.9 Å². The Morgan fingerprint density at radius 1 is 0.660 bits per heavy atom. The molecule has 0 heterocycles. The largest absolute Gasteiger partial charge is 0.472 e. The van der Waals surface area contributed by atoms with Gasteiger partial charge in [0.2, 0.25) is 5.91 Å². The number of nitrogens with zero attached hydrogens (tertiary/aromatic N) is 1. The SMILES string of the molecule is CC/C=C\C/C=C\C/C=C\C/C=C\C/C=C\C/C=C\CCCCCCC(=O)NC(COP(=O)(O)OCC[N+](C)(C)C)C(O)CCCCCCCCCC. The van der Waals surface area contributed by atoms with Crippen molar-refractivity contribution in [1.82, 2.24) is 5.32 Å². The van der Waals surface area contributed by atoms with Gasteiger partial charge in [-0.1, -0.05) is 151 Å². The summed E-state index contributed by atoms with van der Waals surface area (Å²) >= 11 is 0. The first kappa shape index (κ1) is 50.9. The molecule has 0 aromatic heterocycles. The molecule has 0 aliphatic carbocycles. The number of carbonyl (C=O) groups is 1. The maximum absolute atomic E-state index is 12.8. The van der Waals surface area contributed by atoms with E-state index in [4.69, 9.17) is 9.05 Å². The molecule has 0 spiro atoms. The summed E-state index contributed by atoms with van der Waals surface area (Å²) in [5.74, 6) is -0.177. The van der Waals surface area contributed by atoms with Crippen LogP contribution in [0.5, 0.6) is 0 Å². The fourth-order valence-corrected chi connectivity index (χ4v) is 6.14. The Morgan fingerprint density at radius 3 is 1.66 bits per heavy atom. The molecule has 3 atom stereocenters. The van der Waals surface area contributed by atoms with Crippen LogP contribution in [0.15, 0.2) is 72.9 Å². The lowest BCUT2D eigenvalue weighted by Crippen LogP contribution is -2.46. The third-order valence-electron chi connectivity index (χ3n) is 8.72. The number of quaternary nitrogens is 1. The highest BCUT2D eigenvalue weighted by Crippen LogP contribution is 2.43.